The van der Waals surface area contributed by atoms with E-state index in [4.69, 9.17) is 9.47 Å². The zero-order chi connectivity index (χ0) is 23.8. The Labute approximate surface area is 196 Å². The van der Waals surface area contributed by atoms with Crippen LogP contribution in [0.5, 0.6) is 0 Å². The first-order valence-electron chi connectivity index (χ1n) is 11.2. The summed E-state index contributed by atoms with van der Waals surface area (Å²) in [6.07, 6.45) is 0.228. The Balaban J connectivity index is 1.33. The van der Waals surface area contributed by atoms with Gasteiger partial charge in [-0.15, -0.1) is 0 Å². The van der Waals surface area contributed by atoms with Crippen LogP contribution in [0.4, 0.5) is 14.9 Å². The Morgan fingerprint density at radius 3 is 2.74 bits per heavy atom. The van der Waals surface area contributed by atoms with E-state index in [0.717, 1.165) is 44.8 Å². The normalized spacial score (nSPS) is 14.0. The fourth-order valence-corrected chi connectivity index (χ4v) is 3.72. The molecule has 1 aromatic heterocycles. The second kappa shape index (κ2) is 11.5. The molecular weight excluding hydrogens is 439 g/mol. The van der Waals surface area contributed by atoms with Gasteiger partial charge in [-0.25, -0.2) is 13.9 Å². The first-order chi connectivity index (χ1) is 16.6. The topological polar surface area (TPSA) is 85.7 Å². The van der Waals surface area contributed by atoms with Crippen LogP contribution < -0.4 is 10.9 Å². The van der Waals surface area contributed by atoms with Gasteiger partial charge in [0, 0.05) is 37.0 Å². The average molecular weight is 467 g/mol. The number of benzene rings is 2. The number of ether oxygens (including phenoxy) is 2. The van der Waals surface area contributed by atoms with Crippen LogP contribution in [0.1, 0.15) is 12.0 Å². The summed E-state index contributed by atoms with van der Waals surface area (Å²) < 4.78 is 25.5. The lowest BCUT2D eigenvalue weighted by atomic mass is 10.1. The number of carbonyl (C=O) groups is 1. The first-order valence-corrected chi connectivity index (χ1v) is 11.2. The zero-order valence-electron chi connectivity index (χ0n) is 18.8. The molecule has 0 saturated carbocycles. The molecule has 1 aliphatic heterocycles. The molecule has 8 nitrogen and oxygen atoms in total. The summed E-state index contributed by atoms with van der Waals surface area (Å²) in [5.41, 5.74) is 2.13. The van der Waals surface area contributed by atoms with E-state index in [0.29, 0.717) is 23.6 Å². The Morgan fingerprint density at radius 1 is 1.09 bits per heavy atom. The smallest absolute Gasteiger partial charge is 0.411 e. The molecule has 2 aromatic carbocycles. The number of hydrogen-bond donors (Lipinski definition) is 1. The van der Waals surface area contributed by atoms with E-state index in [1.807, 2.05) is 6.07 Å². The molecule has 0 radical (unpaired) electrons. The van der Waals surface area contributed by atoms with E-state index in [9.17, 15) is 14.0 Å². The van der Waals surface area contributed by atoms with Crippen LogP contribution in [0.2, 0.25) is 0 Å². The Bertz CT molecular complexity index is 1180. The van der Waals surface area contributed by atoms with Gasteiger partial charge in [-0.1, -0.05) is 24.3 Å². The standard InChI is InChI=1S/C25H27FN4O4/c26-21-6-2-5-20(17-21)23-8-9-24(31)30(28-23)18-19-4-1-7-22(16-19)27-25(32)34-13-3-10-29-11-14-33-15-12-29/h1-2,4-9,16-17H,3,10-15,18H2,(H,27,32). The molecule has 9 heteroatoms. The number of aromatic nitrogens is 2. The summed E-state index contributed by atoms with van der Waals surface area (Å²) in [6.45, 7) is 4.69. The minimum Gasteiger partial charge on any atom is -0.449 e. The lowest BCUT2D eigenvalue weighted by Crippen LogP contribution is -2.37. The molecule has 3 aromatic rings. The third-order valence-electron chi connectivity index (χ3n) is 5.45. The second-order valence-electron chi connectivity index (χ2n) is 7.99. The predicted octanol–water partition coefficient (Wildman–Crippen LogP) is 3.37. The van der Waals surface area contributed by atoms with E-state index in [1.165, 1.54) is 22.9 Å². The van der Waals surface area contributed by atoms with Gasteiger partial charge in [0.05, 0.1) is 32.1 Å². The number of carbonyl (C=O) groups excluding carboxylic acids is 1. The molecule has 0 bridgehead atoms. The summed E-state index contributed by atoms with van der Waals surface area (Å²) in [6, 6.07) is 16.2. The highest BCUT2D eigenvalue weighted by Gasteiger charge is 2.11. The van der Waals surface area contributed by atoms with E-state index in [1.54, 1.807) is 36.4 Å². The molecule has 2 heterocycles. The molecular formula is C25H27FN4O4. The summed E-state index contributed by atoms with van der Waals surface area (Å²) in [5.74, 6) is -0.371. The van der Waals surface area contributed by atoms with Crippen molar-refractivity contribution in [3.63, 3.8) is 0 Å². The van der Waals surface area contributed by atoms with E-state index in [-0.39, 0.29) is 17.9 Å². The first kappa shape index (κ1) is 23.6. The SMILES string of the molecule is O=C(Nc1cccc(Cn2nc(-c3cccc(F)c3)ccc2=O)c1)OCCCN1CCOCC1. The van der Waals surface area contributed by atoms with Crippen molar-refractivity contribution in [1.82, 2.24) is 14.7 Å². The maximum atomic E-state index is 13.6. The Kier molecular flexibility index (Phi) is 8.00. The minimum absolute atomic E-state index is 0.201. The molecule has 0 atom stereocenters. The van der Waals surface area contributed by atoms with Crippen LogP contribution >= 0.6 is 0 Å². The lowest BCUT2D eigenvalue weighted by Gasteiger charge is -2.26. The number of amides is 1. The molecule has 178 valence electrons. The number of nitrogens with zero attached hydrogens (tertiary/aromatic N) is 3. The average Bonchev–Trinajstić information content (AvgIpc) is 2.84. The quantitative estimate of drug-likeness (QED) is 0.513. The van der Waals surface area contributed by atoms with Gasteiger partial charge >= 0.3 is 6.09 Å². The van der Waals surface area contributed by atoms with Crippen LogP contribution in [-0.4, -0.2) is 60.2 Å². The maximum absolute atomic E-state index is 13.6. The fourth-order valence-electron chi connectivity index (χ4n) is 3.72. The van der Waals surface area contributed by atoms with Crippen LogP contribution in [0.25, 0.3) is 11.3 Å². The molecule has 4 rings (SSSR count). The monoisotopic (exact) mass is 466 g/mol. The predicted molar refractivity (Wildman–Crippen MR) is 126 cm³/mol. The van der Waals surface area contributed by atoms with Crippen LogP contribution in [-0.2, 0) is 16.0 Å². The van der Waals surface area contributed by atoms with E-state index >= 15 is 0 Å². The van der Waals surface area contributed by atoms with E-state index in [2.05, 4.69) is 15.3 Å². The van der Waals surface area contributed by atoms with Crippen LogP contribution in [0.3, 0.4) is 0 Å². The maximum Gasteiger partial charge on any atom is 0.411 e. The van der Waals surface area contributed by atoms with Crippen molar-refractivity contribution >= 4 is 11.8 Å². The molecule has 0 unspecified atom stereocenters. The van der Waals surface area contributed by atoms with Crippen molar-refractivity contribution in [1.29, 1.82) is 0 Å². The van der Waals surface area contributed by atoms with Crippen molar-refractivity contribution in [2.45, 2.75) is 13.0 Å². The number of hydrogen-bond acceptors (Lipinski definition) is 6. The molecule has 1 amide bonds. The summed E-state index contributed by atoms with van der Waals surface area (Å²) in [7, 11) is 0. The molecule has 0 aliphatic carbocycles. The van der Waals surface area contributed by atoms with Gasteiger partial charge in [-0.2, -0.15) is 5.10 Å². The van der Waals surface area contributed by atoms with Gasteiger partial charge in [-0.05, 0) is 42.3 Å². The van der Waals surface area contributed by atoms with Crippen molar-refractivity contribution in [3.8, 4) is 11.3 Å². The van der Waals surface area contributed by atoms with Gasteiger partial charge in [0.15, 0.2) is 0 Å². The third-order valence-corrected chi connectivity index (χ3v) is 5.45. The highest BCUT2D eigenvalue weighted by molar-refractivity contribution is 5.84. The number of morpholine rings is 1. The van der Waals surface area contributed by atoms with Crippen LogP contribution in [0.15, 0.2) is 65.5 Å². The summed E-state index contributed by atoms with van der Waals surface area (Å²) >= 11 is 0. The zero-order valence-corrected chi connectivity index (χ0v) is 18.8. The Hall–Kier alpha value is -3.56. The number of rotatable bonds is 8. The minimum atomic E-state index is -0.525. The largest absolute Gasteiger partial charge is 0.449 e. The second-order valence-corrected chi connectivity index (χ2v) is 7.99. The molecule has 34 heavy (non-hydrogen) atoms. The van der Waals surface area contributed by atoms with Gasteiger partial charge in [0.2, 0.25) is 0 Å². The van der Waals surface area contributed by atoms with Gasteiger partial charge in [0.1, 0.15) is 5.82 Å². The van der Waals surface area contributed by atoms with Crippen molar-refractivity contribution in [3.05, 3.63) is 82.4 Å². The summed E-state index contributed by atoms with van der Waals surface area (Å²) in [4.78, 5) is 26.8. The summed E-state index contributed by atoms with van der Waals surface area (Å²) in [5, 5.41) is 7.09. The van der Waals surface area contributed by atoms with Gasteiger partial charge in [-0.3, -0.25) is 15.0 Å². The van der Waals surface area contributed by atoms with Crippen molar-refractivity contribution in [2.24, 2.45) is 0 Å². The number of anilines is 1. The van der Waals surface area contributed by atoms with Crippen molar-refractivity contribution in [2.75, 3.05) is 44.8 Å². The Morgan fingerprint density at radius 2 is 1.91 bits per heavy atom. The fraction of sp³-hybridized carbons (Fsp3) is 0.320. The van der Waals surface area contributed by atoms with Crippen molar-refractivity contribution < 1.29 is 18.7 Å². The molecule has 1 fully saturated rings. The molecule has 1 aliphatic rings. The number of nitrogens with one attached hydrogen (secondary N) is 1. The highest BCUT2D eigenvalue weighted by atomic mass is 19.1. The van der Waals surface area contributed by atoms with E-state index < -0.39 is 6.09 Å². The van der Waals surface area contributed by atoms with Gasteiger partial charge in [0.25, 0.3) is 5.56 Å². The van der Waals surface area contributed by atoms with Gasteiger partial charge < -0.3 is 9.47 Å². The molecule has 1 N–H and O–H groups in total. The van der Waals surface area contributed by atoms with Crippen LogP contribution in [0, 0.1) is 5.82 Å². The molecule has 0 spiro atoms. The lowest BCUT2D eigenvalue weighted by molar-refractivity contribution is 0.0348. The number of halogens is 1. The molecule has 1 saturated heterocycles. The highest BCUT2D eigenvalue weighted by Crippen LogP contribution is 2.17. The third kappa shape index (κ3) is 6.72.